The molecule has 102 valence electrons. The third-order valence-electron chi connectivity index (χ3n) is 2.67. The van der Waals surface area contributed by atoms with Crippen molar-refractivity contribution in [3.05, 3.63) is 50.3 Å². The van der Waals surface area contributed by atoms with Crippen molar-refractivity contribution in [2.45, 2.75) is 13.0 Å². The molecule has 0 atom stereocenters. The Morgan fingerprint density at radius 3 is 3.05 bits per heavy atom. The van der Waals surface area contributed by atoms with Crippen molar-refractivity contribution in [1.29, 1.82) is 5.26 Å². The smallest absolute Gasteiger partial charge is 0.266 e. The van der Waals surface area contributed by atoms with E-state index in [9.17, 15) is 4.79 Å². The summed E-state index contributed by atoms with van der Waals surface area (Å²) in [5.41, 5.74) is 0.826. The van der Waals surface area contributed by atoms with Gasteiger partial charge in [-0.3, -0.25) is 9.78 Å². The van der Waals surface area contributed by atoms with Crippen molar-refractivity contribution in [2.24, 2.45) is 0 Å². The highest BCUT2D eigenvalue weighted by atomic mass is 127. The molecule has 0 aromatic carbocycles. The van der Waals surface area contributed by atoms with Crippen LogP contribution in [0.15, 0.2) is 35.6 Å². The van der Waals surface area contributed by atoms with Crippen molar-refractivity contribution >= 4 is 28.4 Å². The van der Waals surface area contributed by atoms with E-state index in [0.717, 1.165) is 5.56 Å². The fourth-order valence-corrected chi connectivity index (χ4v) is 2.39. The highest BCUT2D eigenvalue weighted by Gasteiger charge is 2.14. The number of H-pyrrole nitrogens is 1. The first-order valence-corrected chi connectivity index (χ1v) is 7.04. The maximum atomic E-state index is 11.7. The van der Waals surface area contributed by atoms with Gasteiger partial charge in [-0.15, -0.1) is 0 Å². The molecule has 0 radical (unpaired) electrons. The number of hydrogen-bond donors (Lipinski definition) is 1. The molecule has 0 unspecified atom stereocenters. The Morgan fingerprint density at radius 1 is 1.50 bits per heavy atom. The van der Waals surface area contributed by atoms with E-state index in [0.29, 0.717) is 28.9 Å². The Balaban J connectivity index is 2.30. The maximum Gasteiger partial charge on any atom is 0.266 e. The molecule has 0 saturated heterocycles. The summed E-state index contributed by atoms with van der Waals surface area (Å²) in [6, 6.07) is 5.92. The summed E-state index contributed by atoms with van der Waals surface area (Å²) in [4.78, 5) is 24.4. The number of aromatic amines is 1. The third kappa shape index (κ3) is 3.54. The van der Waals surface area contributed by atoms with E-state index in [1.165, 1.54) is 6.33 Å². The predicted molar refractivity (Wildman–Crippen MR) is 83.1 cm³/mol. The van der Waals surface area contributed by atoms with Gasteiger partial charge in [0.05, 0.1) is 18.8 Å². The standard InChI is InChI=1S/C13H12IN5O/c14-11-12(17-9-18-13(11)20)19(6-2-4-15)8-10-3-1-5-16-7-10/h1,3,5,7,9H,2,6,8H2,(H,17,18,20). The largest absolute Gasteiger partial charge is 0.350 e. The molecule has 0 fully saturated rings. The first-order chi connectivity index (χ1) is 9.72. The summed E-state index contributed by atoms with van der Waals surface area (Å²) >= 11 is 1.97. The van der Waals surface area contributed by atoms with Gasteiger partial charge in [-0.1, -0.05) is 6.07 Å². The van der Waals surface area contributed by atoms with Crippen molar-refractivity contribution in [3.63, 3.8) is 0 Å². The molecular weight excluding hydrogens is 369 g/mol. The molecule has 0 aliphatic heterocycles. The molecule has 0 aliphatic rings. The second kappa shape index (κ2) is 7.00. The summed E-state index contributed by atoms with van der Waals surface area (Å²) in [6.07, 6.45) is 5.21. The number of nitriles is 1. The first kappa shape index (κ1) is 14.5. The second-order valence-electron chi connectivity index (χ2n) is 4.06. The van der Waals surface area contributed by atoms with Crippen molar-refractivity contribution in [1.82, 2.24) is 15.0 Å². The number of rotatable bonds is 5. The van der Waals surface area contributed by atoms with Gasteiger partial charge in [-0.05, 0) is 34.2 Å². The van der Waals surface area contributed by atoms with Crippen LogP contribution in [0.4, 0.5) is 5.82 Å². The number of aromatic nitrogens is 3. The van der Waals surface area contributed by atoms with Crippen molar-refractivity contribution in [2.75, 3.05) is 11.4 Å². The lowest BCUT2D eigenvalue weighted by atomic mass is 10.2. The fourth-order valence-electron chi connectivity index (χ4n) is 1.75. The van der Waals surface area contributed by atoms with Gasteiger partial charge in [0.2, 0.25) is 0 Å². The minimum atomic E-state index is -0.177. The van der Waals surface area contributed by atoms with Crippen LogP contribution in [-0.2, 0) is 6.54 Å². The molecule has 2 heterocycles. The Kier molecular flexibility index (Phi) is 5.06. The maximum absolute atomic E-state index is 11.7. The molecular formula is C13H12IN5O. The average molecular weight is 381 g/mol. The zero-order chi connectivity index (χ0) is 14.4. The monoisotopic (exact) mass is 381 g/mol. The van der Waals surface area contributed by atoms with E-state index in [1.54, 1.807) is 12.4 Å². The first-order valence-electron chi connectivity index (χ1n) is 5.96. The lowest BCUT2D eigenvalue weighted by Crippen LogP contribution is -2.28. The van der Waals surface area contributed by atoms with Crippen LogP contribution in [-0.4, -0.2) is 21.5 Å². The van der Waals surface area contributed by atoms with Crippen LogP contribution in [0, 0.1) is 14.9 Å². The molecule has 2 rings (SSSR count). The van der Waals surface area contributed by atoms with Crippen LogP contribution >= 0.6 is 22.6 Å². The van der Waals surface area contributed by atoms with Crippen LogP contribution in [0.25, 0.3) is 0 Å². The summed E-state index contributed by atoms with van der Waals surface area (Å²) in [7, 11) is 0. The van der Waals surface area contributed by atoms with Gasteiger partial charge in [0.1, 0.15) is 9.39 Å². The van der Waals surface area contributed by atoms with E-state index in [2.05, 4.69) is 21.0 Å². The lowest BCUT2D eigenvalue weighted by molar-refractivity contribution is 0.772. The fraction of sp³-hybridized carbons (Fsp3) is 0.231. The summed E-state index contributed by atoms with van der Waals surface area (Å²) in [6.45, 7) is 1.07. The number of hydrogen-bond acceptors (Lipinski definition) is 5. The molecule has 2 aromatic heterocycles. The topological polar surface area (TPSA) is 85.7 Å². The van der Waals surface area contributed by atoms with Gasteiger partial charge in [-0.2, -0.15) is 5.26 Å². The molecule has 7 heteroatoms. The SMILES string of the molecule is N#CCCN(Cc1cccnc1)c1nc[nH]c(=O)c1I. The van der Waals surface area contributed by atoms with Gasteiger partial charge < -0.3 is 9.88 Å². The Labute approximate surface area is 129 Å². The number of nitrogens with one attached hydrogen (secondary N) is 1. The van der Waals surface area contributed by atoms with E-state index >= 15 is 0 Å². The summed E-state index contributed by atoms with van der Waals surface area (Å²) in [5, 5.41) is 8.77. The van der Waals surface area contributed by atoms with Crippen molar-refractivity contribution < 1.29 is 0 Å². The van der Waals surface area contributed by atoms with Gasteiger partial charge in [0, 0.05) is 25.5 Å². The van der Waals surface area contributed by atoms with Crippen LogP contribution in [0.3, 0.4) is 0 Å². The molecule has 1 N–H and O–H groups in total. The van der Waals surface area contributed by atoms with Gasteiger partial charge in [0.15, 0.2) is 0 Å². The van der Waals surface area contributed by atoms with Gasteiger partial charge in [-0.25, -0.2) is 4.98 Å². The van der Waals surface area contributed by atoms with E-state index in [4.69, 9.17) is 5.26 Å². The molecule has 6 nitrogen and oxygen atoms in total. The molecule has 0 amide bonds. The average Bonchev–Trinajstić information content (AvgIpc) is 2.48. The third-order valence-corrected chi connectivity index (χ3v) is 3.64. The molecule has 0 spiro atoms. The minimum absolute atomic E-state index is 0.177. The van der Waals surface area contributed by atoms with Crippen LogP contribution in [0.2, 0.25) is 0 Å². The summed E-state index contributed by atoms with van der Waals surface area (Å²) < 4.78 is 0.520. The zero-order valence-electron chi connectivity index (χ0n) is 10.6. The second-order valence-corrected chi connectivity index (χ2v) is 5.14. The molecule has 0 bridgehead atoms. The Bertz CT molecular complexity index is 664. The molecule has 0 aliphatic carbocycles. The van der Waals surface area contributed by atoms with Gasteiger partial charge in [0.25, 0.3) is 5.56 Å². The number of halogens is 1. The van der Waals surface area contributed by atoms with Gasteiger partial charge >= 0.3 is 0 Å². The van der Waals surface area contributed by atoms with E-state index in [-0.39, 0.29) is 5.56 Å². The van der Waals surface area contributed by atoms with E-state index in [1.807, 2.05) is 39.6 Å². The Morgan fingerprint density at radius 2 is 2.35 bits per heavy atom. The number of anilines is 1. The molecule has 0 saturated carbocycles. The number of nitrogens with zero attached hydrogens (tertiary/aromatic N) is 4. The van der Waals surface area contributed by atoms with Crippen molar-refractivity contribution in [3.8, 4) is 6.07 Å². The molecule has 2 aromatic rings. The lowest BCUT2D eigenvalue weighted by Gasteiger charge is -2.23. The predicted octanol–water partition coefficient (Wildman–Crippen LogP) is 1.69. The van der Waals surface area contributed by atoms with Crippen LogP contribution < -0.4 is 10.5 Å². The normalized spacial score (nSPS) is 10.0. The highest BCUT2D eigenvalue weighted by molar-refractivity contribution is 14.1. The minimum Gasteiger partial charge on any atom is -0.350 e. The molecule has 20 heavy (non-hydrogen) atoms. The Hall–Kier alpha value is -1.95. The zero-order valence-corrected chi connectivity index (χ0v) is 12.7. The summed E-state index contributed by atoms with van der Waals surface area (Å²) in [5.74, 6) is 0.591. The number of pyridine rings is 1. The highest BCUT2D eigenvalue weighted by Crippen LogP contribution is 2.18. The van der Waals surface area contributed by atoms with Crippen LogP contribution in [0.5, 0.6) is 0 Å². The quantitative estimate of drug-likeness (QED) is 0.797. The van der Waals surface area contributed by atoms with E-state index < -0.39 is 0 Å². The van der Waals surface area contributed by atoms with Crippen LogP contribution in [0.1, 0.15) is 12.0 Å².